The van der Waals surface area contributed by atoms with Crippen molar-refractivity contribution in [3.8, 4) is 0 Å². The number of pyridine rings is 1. The van der Waals surface area contributed by atoms with Gasteiger partial charge in [0.1, 0.15) is 5.69 Å². The smallest absolute Gasteiger partial charge is 0.279 e. The lowest BCUT2D eigenvalue weighted by Crippen LogP contribution is -2.60. The molecule has 1 aromatic heterocycles. The first-order valence-corrected chi connectivity index (χ1v) is 13.8. The highest BCUT2D eigenvalue weighted by atomic mass is 16.3. The predicted molar refractivity (Wildman–Crippen MR) is 159 cm³/mol. The van der Waals surface area contributed by atoms with Gasteiger partial charge in [0, 0.05) is 11.9 Å². The summed E-state index contributed by atoms with van der Waals surface area (Å²) >= 11 is 0. The molecule has 212 valence electrons. The van der Waals surface area contributed by atoms with Gasteiger partial charge in [0.2, 0.25) is 5.91 Å². The molecule has 4 rings (SSSR count). The van der Waals surface area contributed by atoms with E-state index in [0.717, 1.165) is 21.4 Å². The number of nitrogens with zero attached hydrogens (tertiary/aromatic N) is 2. The number of fused-ring (bicyclic) bond motifs is 1. The lowest BCUT2D eigenvalue weighted by atomic mass is 9.94. The molecule has 0 saturated heterocycles. The Morgan fingerprint density at radius 3 is 2.15 bits per heavy atom. The second-order valence-corrected chi connectivity index (χ2v) is 10.2. The molecule has 4 atom stereocenters. The third-order valence-electron chi connectivity index (χ3n) is 7.38. The third-order valence-corrected chi connectivity index (χ3v) is 7.38. The number of hydrogen-bond acceptors (Lipinski definition) is 6. The van der Waals surface area contributed by atoms with Crippen LogP contribution in [0.3, 0.4) is 0 Å². The van der Waals surface area contributed by atoms with Crippen LogP contribution in [0.2, 0.25) is 0 Å². The molecule has 0 aliphatic rings. The first-order chi connectivity index (χ1) is 19.8. The van der Waals surface area contributed by atoms with Gasteiger partial charge in [-0.05, 0) is 35.6 Å². The van der Waals surface area contributed by atoms with Crippen LogP contribution in [0.4, 0.5) is 0 Å². The van der Waals surface area contributed by atoms with Crippen LogP contribution in [0, 0.1) is 5.92 Å². The molecule has 1 heterocycles. The van der Waals surface area contributed by atoms with E-state index in [9.17, 15) is 19.5 Å². The van der Waals surface area contributed by atoms with Gasteiger partial charge in [-0.1, -0.05) is 105 Å². The average Bonchev–Trinajstić information content (AvgIpc) is 3.02. The van der Waals surface area contributed by atoms with Crippen LogP contribution < -0.4 is 11.1 Å². The van der Waals surface area contributed by atoms with Gasteiger partial charge in [0.25, 0.3) is 11.8 Å². The van der Waals surface area contributed by atoms with Crippen molar-refractivity contribution in [3.05, 3.63) is 114 Å². The summed E-state index contributed by atoms with van der Waals surface area (Å²) in [7, 11) is 0. The molecule has 0 saturated carbocycles. The van der Waals surface area contributed by atoms with E-state index >= 15 is 0 Å². The van der Waals surface area contributed by atoms with Crippen molar-refractivity contribution in [1.82, 2.24) is 15.2 Å². The molecule has 4 aromatic rings. The maximum Gasteiger partial charge on any atom is 0.279 e. The Labute approximate surface area is 240 Å². The van der Waals surface area contributed by atoms with Crippen molar-refractivity contribution >= 4 is 28.6 Å². The number of carbonyl (C=O) groups excluding carboxylic acids is 3. The normalized spacial score (nSPS) is 14.0. The number of aliphatic hydroxyl groups excluding tert-OH is 1. The van der Waals surface area contributed by atoms with Crippen LogP contribution in [0.1, 0.15) is 41.9 Å². The number of amides is 3. The third kappa shape index (κ3) is 7.22. The van der Waals surface area contributed by atoms with Gasteiger partial charge in [0.05, 0.1) is 17.6 Å². The Morgan fingerprint density at radius 2 is 1.49 bits per heavy atom. The van der Waals surface area contributed by atoms with Crippen molar-refractivity contribution in [2.75, 3.05) is 0 Å². The van der Waals surface area contributed by atoms with E-state index in [1.54, 1.807) is 18.2 Å². The molecule has 0 aliphatic heterocycles. The molecule has 3 aromatic carbocycles. The van der Waals surface area contributed by atoms with Gasteiger partial charge in [-0.15, -0.1) is 0 Å². The topological polar surface area (TPSA) is 126 Å². The maximum absolute atomic E-state index is 14.1. The van der Waals surface area contributed by atoms with Crippen LogP contribution >= 0.6 is 0 Å². The minimum Gasteiger partial charge on any atom is -0.381 e. The number of para-hydroxylation sites is 1. The molecule has 4 N–H and O–H groups in total. The Balaban J connectivity index is 1.74. The van der Waals surface area contributed by atoms with Crippen molar-refractivity contribution in [1.29, 1.82) is 0 Å². The molecule has 0 spiro atoms. The standard InChI is InChI=1S/C33H36N4O4/c1-3-22(2)29(34)33(41)37(32(40)27-19-18-25-16-10-11-17-26(25)36-27)28(20-23-12-6-4-7-13-23)30(38)31(39)35-21-24-14-8-5-9-15-24/h4-19,22,28-30,38H,3,20-21,34H2,1-2H3,(H,35,39)/t22-,28-,29-,30+/m0/s1. The number of nitrogens with one attached hydrogen (secondary N) is 1. The Kier molecular flexibility index (Phi) is 9.95. The van der Waals surface area contributed by atoms with Gasteiger partial charge in [-0.25, -0.2) is 4.98 Å². The number of nitrogens with two attached hydrogens (primary N) is 1. The molecule has 0 unspecified atom stereocenters. The molecule has 0 aliphatic carbocycles. The fraction of sp³-hybridized carbons (Fsp3) is 0.273. The number of hydrogen-bond donors (Lipinski definition) is 3. The van der Waals surface area contributed by atoms with E-state index < -0.39 is 35.9 Å². The van der Waals surface area contributed by atoms with Crippen LogP contribution in [-0.4, -0.2) is 50.9 Å². The summed E-state index contributed by atoms with van der Waals surface area (Å²) in [5, 5.41) is 15.0. The molecule has 8 nitrogen and oxygen atoms in total. The van der Waals surface area contributed by atoms with Crippen molar-refractivity contribution in [2.45, 2.75) is 51.4 Å². The maximum atomic E-state index is 14.1. The van der Waals surface area contributed by atoms with Crippen molar-refractivity contribution < 1.29 is 19.5 Å². The SMILES string of the molecule is CC[C@H](C)[C@H](N)C(=O)N(C(=O)c1ccc2ccccc2n1)[C@@H](Cc1ccccc1)[C@@H](O)C(=O)NCc1ccccc1. The van der Waals surface area contributed by atoms with Crippen molar-refractivity contribution in [3.63, 3.8) is 0 Å². The highest BCUT2D eigenvalue weighted by Gasteiger charge is 2.41. The largest absolute Gasteiger partial charge is 0.381 e. The van der Waals surface area contributed by atoms with E-state index in [1.165, 1.54) is 0 Å². The van der Waals surface area contributed by atoms with Gasteiger partial charge in [-0.3, -0.25) is 19.3 Å². The van der Waals surface area contributed by atoms with Gasteiger partial charge in [0.15, 0.2) is 6.10 Å². The van der Waals surface area contributed by atoms with Crippen LogP contribution in [0.25, 0.3) is 10.9 Å². The Morgan fingerprint density at radius 1 is 0.878 bits per heavy atom. The molecule has 41 heavy (non-hydrogen) atoms. The lowest BCUT2D eigenvalue weighted by Gasteiger charge is -2.35. The van der Waals surface area contributed by atoms with E-state index in [0.29, 0.717) is 11.9 Å². The van der Waals surface area contributed by atoms with Crippen molar-refractivity contribution in [2.24, 2.45) is 11.7 Å². The molecular weight excluding hydrogens is 516 g/mol. The van der Waals surface area contributed by atoms with Crippen LogP contribution in [0.5, 0.6) is 0 Å². The quantitative estimate of drug-likeness (QED) is 0.259. The molecule has 0 radical (unpaired) electrons. The summed E-state index contributed by atoms with van der Waals surface area (Å²) in [6.07, 6.45) is -1.08. The van der Waals surface area contributed by atoms with E-state index in [4.69, 9.17) is 5.73 Å². The number of aromatic nitrogens is 1. The number of imide groups is 1. The minimum absolute atomic E-state index is 0.0170. The first-order valence-electron chi connectivity index (χ1n) is 13.8. The monoisotopic (exact) mass is 552 g/mol. The molecular formula is C33H36N4O4. The zero-order valence-electron chi connectivity index (χ0n) is 23.3. The molecule has 0 bridgehead atoms. The highest BCUT2D eigenvalue weighted by Crippen LogP contribution is 2.21. The highest BCUT2D eigenvalue weighted by molar-refractivity contribution is 6.06. The Bertz CT molecular complexity index is 1480. The van der Waals surface area contributed by atoms with Crippen LogP contribution in [0.15, 0.2) is 97.1 Å². The van der Waals surface area contributed by atoms with E-state index in [1.807, 2.05) is 92.7 Å². The predicted octanol–water partition coefficient (Wildman–Crippen LogP) is 3.87. The number of rotatable bonds is 11. The zero-order valence-corrected chi connectivity index (χ0v) is 23.3. The second-order valence-electron chi connectivity index (χ2n) is 10.2. The number of aliphatic hydroxyl groups is 1. The molecule has 3 amide bonds. The molecule has 8 heteroatoms. The number of benzene rings is 3. The lowest BCUT2D eigenvalue weighted by molar-refractivity contribution is -0.140. The minimum atomic E-state index is -1.73. The summed E-state index contributed by atoms with van der Waals surface area (Å²) in [6.45, 7) is 3.91. The second kappa shape index (κ2) is 13.8. The zero-order chi connectivity index (χ0) is 29.4. The van der Waals surface area contributed by atoms with E-state index in [2.05, 4.69) is 10.3 Å². The van der Waals surface area contributed by atoms with Gasteiger partial charge >= 0.3 is 0 Å². The number of carbonyl (C=O) groups is 3. The first kappa shape index (κ1) is 29.6. The average molecular weight is 553 g/mol. The van der Waals surface area contributed by atoms with Crippen LogP contribution in [-0.2, 0) is 22.6 Å². The summed E-state index contributed by atoms with van der Waals surface area (Å²) < 4.78 is 0. The summed E-state index contributed by atoms with van der Waals surface area (Å²) in [5.74, 6) is -2.35. The molecule has 0 fully saturated rings. The van der Waals surface area contributed by atoms with Gasteiger partial charge < -0.3 is 16.2 Å². The fourth-order valence-corrected chi connectivity index (χ4v) is 4.64. The summed E-state index contributed by atoms with van der Waals surface area (Å²) in [5.41, 5.74) is 8.55. The fourth-order valence-electron chi connectivity index (χ4n) is 4.64. The Hall–Kier alpha value is -4.40. The summed E-state index contributed by atoms with van der Waals surface area (Å²) in [6, 6.07) is 26.7. The van der Waals surface area contributed by atoms with E-state index in [-0.39, 0.29) is 24.6 Å². The van der Waals surface area contributed by atoms with Gasteiger partial charge in [-0.2, -0.15) is 0 Å². The summed E-state index contributed by atoms with van der Waals surface area (Å²) in [4.78, 5) is 46.9.